The third-order valence-electron chi connectivity index (χ3n) is 11.2. The van der Waals surface area contributed by atoms with Crippen molar-refractivity contribution in [3.8, 4) is 6.07 Å². The van der Waals surface area contributed by atoms with E-state index in [-0.39, 0.29) is 23.3 Å². The van der Waals surface area contributed by atoms with Crippen molar-refractivity contribution in [1.29, 1.82) is 5.26 Å². The summed E-state index contributed by atoms with van der Waals surface area (Å²) in [5.74, 6) is -0.241. The van der Waals surface area contributed by atoms with Crippen LogP contribution in [0, 0.1) is 28.1 Å². The Hall–Kier alpha value is -1.91. The third-order valence-corrected chi connectivity index (χ3v) is 13.3. The van der Waals surface area contributed by atoms with Crippen molar-refractivity contribution >= 4 is 16.0 Å². The molecule has 0 aromatic heterocycles. The number of nitrogens with zero attached hydrogens (tertiary/aromatic N) is 2. The molecule has 4 saturated carbocycles. The van der Waals surface area contributed by atoms with Gasteiger partial charge in [-0.05, 0) is 68.8 Å². The Bertz CT molecular complexity index is 1160. The molecule has 4 aliphatic rings. The van der Waals surface area contributed by atoms with E-state index in [1.165, 1.54) is 12.8 Å². The second kappa shape index (κ2) is 10.8. The number of benzene rings is 1. The molecule has 39 heavy (non-hydrogen) atoms. The molecule has 0 radical (unpaired) electrons. The van der Waals surface area contributed by atoms with E-state index >= 15 is 0 Å². The van der Waals surface area contributed by atoms with E-state index in [4.69, 9.17) is 4.74 Å². The maximum atomic E-state index is 14.6. The molecule has 4 aliphatic carbocycles. The summed E-state index contributed by atoms with van der Waals surface area (Å²) >= 11 is 0. The highest BCUT2D eigenvalue weighted by atomic mass is 32.2. The lowest BCUT2D eigenvalue weighted by Crippen LogP contribution is -2.55. The highest BCUT2D eigenvalue weighted by Gasteiger charge is 2.67. The molecule has 4 atom stereocenters. The van der Waals surface area contributed by atoms with Gasteiger partial charge < -0.3 is 4.74 Å². The molecule has 0 N–H and O–H groups in total. The molecule has 0 amide bonds. The van der Waals surface area contributed by atoms with E-state index in [2.05, 4.69) is 19.9 Å². The van der Waals surface area contributed by atoms with E-state index in [0.29, 0.717) is 17.9 Å². The minimum absolute atomic E-state index is 0.0308. The summed E-state index contributed by atoms with van der Waals surface area (Å²) in [6, 6.07) is 11.4. The molecule has 0 aliphatic heterocycles. The van der Waals surface area contributed by atoms with Gasteiger partial charge in [0.15, 0.2) is 5.41 Å². The van der Waals surface area contributed by atoms with Gasteiger partial charge in [-0.15, -0.1) is 0 Å². The molecule has 7 heteroatoms. The maximum absolute atomic E-state index is 14.6. The Morgan fingerprint density at radius 1 is 1.00 bits per heavy atom. The Morgan fingerprint density at radius 3 is 2.08 bits per heavy atom. The lowest BCUT2D eigenvalue weighted by atomic mass is 9.69. The number of rotatable bonds is 8. The molecule has 4 fully saturated rings. The van der Waals surface area contributed by atoms with Crippen molar-refractivity contribution in [1.82, 2.24) is 4.31 Å². The third kappa shape index (κ3) is 4.95. The molecule has 0 saturated heterocycles. The predicted octanol–water partition coefficient (Wildman–Crippen LogP) is 6.50. The molecule has 214 valence electrons. The van der Waals surface area contributed by atoms with Crippen molar-refractivity contribution in [2.75, 3.05) is 5.75 Å². The molecular weight excluding hydrogens is 508 g/mol. The highest BCUT2D eigenvalue weighted by Crippen LogP contribution is 2.67. The topological polar surface area (TPSA) is 87.5 Å². The molecular formula is C32H46N2O4S. The number of nitriles is 1. The molecule has 0 heterocycles. The SMILES string of the molecule is CC1(C)[C@@H]2CC[C@@]1(CS(=O)(=O)N(C1CCCCC1)C1CCCCC1)[C@H](OC(=O)[C@](C)(C#N)c1ccccc1)C2. The van der Waals surface area contributed by atoms with Crippen LogP contribution in [0.15, 0.2) is 30.3 Å². The van der Waals surface area contributed by atoms with Gasteiger partial charge in [0.2, 0.25) is 10.0 Å². The van der Waals surface area contributed by atoms with Crippen LogP contribution in [0.5, 0.6) is 0 Å². The van der Waals surface area contributed by atoms with Crippen LogP contribution >= 0.6 is 0 Å². The van der Waals surface area contributed by atoms with Gasteiger partial charge in [-0.2, -0.15) is 9.57 Å². The number of hydrogen-bond acceptors (Lipinski definition) is 5. The molecule has 2 bridgehead atoms. The predicted molar refractivity (Wildman–Crippen MR) is 152 cm³/mol. The van der Waals surface area contributed by atoms with Gasteiger partial charge in [0.25, 0.3) is 0 Å². The second-order valence-electron chi connectivity index (χ2n) is 13.5. The lowest BCUT2D eigenvalue weighted by molar-refractivity contribution is -0.161. The van der Waals surface area contributed by atoms with Gasteiger partial charge in [0, 0.05) is 17.5 Å². The molecule has 0 unspecified atom stereocenters. The summed E-state index contributed by atoms with van der Waals surface area (Å²) in [6.45, 7) is 5.97. The van der Waals surface area contributed by atoms with Crippen LogP contribution in [0.1, 0.15) is 110 Å². The fourth-order valence-electron chi connectivity index (χ4n) is 8.58. The summed E-state index contributed by atoms with van der Waals surface area (Å²) in [7, 11) is -3.60. The second-order valence-corrected chi connectivity index (χ2v) is 15.4. The average Bonchev–Trinajstić information content (AvgIpc) is 3.29. The van der Waals surface area contributed by atoms with Gasteiger partial charge in [0.1, 0.15) is 6.10 Å². The van der Waals surface area contributed by atoms with E-state index in [9.17, 15) is 18.5 Å². The number of carbonyl (C=O) groups is 1. The first-order valence-corrected chi connectivity index (χ1v) is 16.9. The van der Waals surface area contributed by atoms with Crippen LogP contribution in [-0.4, -0.2) is 42.6 Å². The molecule has 6 nitrogen and oxygen atoms in total. The summed E-state index contributed by atoms with van der Waals surface area (Å²) < 4.78 is 37.4. The number of hydrogen-bond donors (Lipinski definition) is 0. The van der Waals surface area contributed by atoms with Gasteiger partial charge in [-0.1, -0.05) is 82.7 Å². The van der Waals surface area contributed by atoms with Crippen molar-refractivity contribution in [2.24, 2.45) is 16.7 Å². The zero-order valence-electron chi connectivity index (χ0n) is 24.0. The minimum Gasteiger partial charge on any atom is -0.460 e. The van der Waals surface area contributed by atoms with Crippen LogP contribution in [0.3, 0.4) is 0 Å². The summed E-state index contributed by atoms with van der Waals surface area (Å²) in [5, 5.41) is 10.1. The summed E-state index contributed by atoms with van der Waals surface area (Å²) in [5.41, 5.74) is -1.77. The normalized spacial score (nSPS) is 31.1. The van der Waals surface area contributed by atoms with E-state index in [1.807, 2.05) is 22.5 Å². The number of fused-ring (bicyclic) bond motifs is 2. The summed E-state index contributed by atoms with van der Waals surface area (Å²) in [6.07, 6.45) is 12.4. The maximum Gasteiger partial charge on any atom is 0.331 e. The monoisotopic (exact) mass is 554 g/mol. The molecule has 1 aromatic rings. The minimum atomic E-state index is -3.60. The average molecular weight is 555 g/mol. The van der Waals surface area contributed by atoms with Gasteiger partial charge in [-0.3, -0.25) is 0 Å². The van der Waals surface area contributed by atoms with E-state index < -0.39 is 32.9 Å². The zero-order chi connectivity index (χ0) is 27.9. The lowest BCUT2D eigenvalue weighted by Gasteiger charge is -2.46. The van der Waals surface area contributed by atoms with Crippen molar-refractivity contribution in [3.05, 3.63) is 35.9 Å². The highest BCUT2D eigenvalue weighted by molar-refractivity contribution is 7.89. The zero-order valence-corrected chi connectivity index (χ0v) is 24.8. The fraction of sp³-hybridized carbons (Fsp3) is 0.750. The number of sulfonamides is 1. The molecule has 5 rings (SSSR count). The number of esters is 1. The van der Waals surface area contributed by atoms with E-state index in [1.54, 1.807) is 19.1 Å². The Labute approximate surface area is 235 Å². The van der Waals surface area contributed by atoms with Crippen molar-refractivity contribution in [3.63, 3.8) is 0 Å². The standard InChI is InChI=1S/C32H46N2O4S/c1-30(2)25-19-20-32(30,28(21-25)38-29(35)31(3,22-33)24-13-7-4-8-14-24)23-39(36,37)34(26-15-9-5-10-16-26)27-17-11-6-12-18-27/h4,7-8,13-14,25-28H,5-6,9-12,15-21,23H2,1-3H3/t25-,28-,31-,32-/m1/s1. The van der Waals surface area contributed by atoms with Crippen LogP contribution < -0.4 is 0 Å². The fourth-order valence-corrected chi connectivity index (χ4v) is 11.4. The quantitative estimate of drug-likeness (QED) is 0.342. The first kappa shape index (κ1) is 28.6. The Balaban J connectivity index is 1.45. The van der Waals surface area contributed by atoms with Crippen LogP contribution in [0.25, 0.3) is 0 Å². The van der Waals surface area contributed by atoms with Gasteiger partial charge in [-0.25, -0.2) is 13.2 Å². The van der Waals surface area contributed by atoms with Gasteiger partial charge in [0.05, 0.1) is 11.8 Å². The van der Waals surface area contributed by atoms with Crippen molar-refractivity contribution in [2.45, 2.75) is 128 Å². The van der Waals surface area contributed by atoms with Crippen LogP contribution in [0.2, 0.25) is 0 Å². The largest absolute Gasteiger partial charge is 0.460 e. The van der Waals surface area contributed by atoms with E-state index in [0.717, 1.165) is 64.2 Å². The smallest absolute Gasteiger partial charge is 0.331 e. The molecule has 0 spiro atoms. The number of ether oxygens (including phenoxy) is 1. The summed E-state index contributed by atoms with van der Waals surface area (Å²) in [4.78, 5) is 13.7. The van der Waals surface area contributed by atoms with Crippen molar-refractivity contribution < 1.29 is 17.9 Å². The first-order chi connectivity index (χ1) is 18.5. The first-order valence-electron chi connectivity index (χ1n) is 15.2. The van der Waals surface area contributed by atoms with Crippen LogP contribution in [0.4, 0.5) is 0 Å². The molecule has 1 aromatic carbocycles. The van der Waals surface area contributed by atoms with Crippen LogP contribution in [-0.2, 0) is 25.0 Å². The van der Waals surface area contributed by atoms with Gasteiger partial charge >= 0.3 is 5.97 Å². The number of carbonyl (C=O) groups excluding carboxylic acids is 1. The Morgan fingerprint density at radius 2 is 1.56 bits per heavy atom. The Kier molecular flexibility index (Phi) is 7.94.